The first-order valence-electron chi connectivity index (χ1n) is 5.20. The molecule has 1 aliphatic carbocycles. The molecule has 0 saturated heterocycles. The minimum absolute atomic E-state index is 0.395. The van der Waals surface area contributed by atoms with Gasteiger partial charge in [-0.15, -0.1) is 0 Å². The Bertz CT molecular complexity index is 290. The van der Waals surface area contributed by atoms with Crippen LogP contribution in [0.15, 0.2) is 24.3 Å². The molecule has 2 nitrogen and oxygen atoms in total. The summed E-state index contributed by atoms with van der Waals surface area (Å²) in [6, 6.07) is 7.84. The topological polar surface area (TPSA) is 18.5 Å². The molecule has 2 rings (SSSR count). The molecule has 0 unspecified atom stereocenters. The zero-order valence-electron chi connectivity index (χ0n) is 8.53. The minimum atomic E-state index is 0.395. The summed E-state index contributed by atoms with van der Waals surface area (Å²) in [6.45, 7) is 0. The highest BCUT2D eigenvalue weighted by Crippen LogP contribution is 2.30. The van der Waals surface area contributed by atoms with E-state index >= 15 is 0 Å². The van der Waals surface area contributed by atoms with Crippen LogP contribution in [0.2, 0.25) is 0 Å². The molecule has 1 fully saturated rings. The fourth-order valence-electron chi connectivity index (χ4n) is 1.90. The summed E-state index contributed by atoms with van der Waals surface area (Å²) in [5.74, 6) is 1.71. The van der Waals surface area contributed by atoms with E-state index in [1.807, 2.05) is 24.3 Å². The Morgan fingerprint density at radius 2 is 1.71 bits per heavy atom. The SMILES string of the molecule is COc1ccccc1OC1CCCC1. The predicted octanol–water partition coefficient (Wildman–Crippen LogP) is 3.02. The van der Waals surface area contributed by atoms with E-state index in [0.717, 1.165) is 11.5 Å². The number of ether oxygens (including phenoxy) is 2. The molecule has 1 aromatic rings. The molecule has 0 N–H and O–H groups in total. The third-order valence-corrected chi connectivity index (χ3v) is 2.66. The van der Waals surface area contributed by atoms with Crippen molar-refractivity contribution in [1.82, 2.24) is 0 Å². The van der Waals surface area contributed by atoms with Gasteiger partial charge in [0.2, 0.25) is 0 Å². The molecule has 0 atom stereocenters. The molecule has 1 aliphatic rings. The Morgan fingerprint density at radius 1 is 1.07 bits per heavy atom. The van der Waals surface area contributed by atoms with Crippen molar-refractivity contribution in [3.8, 4) is 11.5 Å². The third-order valence-electron chi connectivity index (χ3n) is 2.66. The van der Waals surface area contributed by atoms with E-state index in [0.29, 0.717) is 6.10 Å². The minimum Gasteiger partial charge on any atom is -0.493 e. The van der Waals surface area contributed by atoms with Crippen molar-refractivity contribution in [1.29, 1.82) is 0 Å². The van der Waals surface area contributed by atoms with E-state index < -0.39 is 0 Å². The number of hydrogen-bond donors (Lipinski definition) is 0. The molecular formula is C12H16O2. The quantitative estimate of drug-likeness (QED) is 0.733. The zero-order valence-corrected chi connectivity index (χ0v) is 8.53. The van der Waals surface area contributed by atoms with Gasteiger partial charge in [-0.3, -0.25) is 0 Å². The molecule has 0 spiro atoms. The van der Waals surface area contributed by atoms with Crippen LogP contribution in [0.1, 0.15) is 25.7 Å². The van der Waals surface area contributed by atoms with Crippen molar-refractivity contribution in [3.63, 3.8) is 0 Å². The predicted molar refractivity (Wildman–Crippen MR) is 55.9 cm³/mol. The summed E-state index contributed by atoms with van der Waals surface area (Å²) in [6.07, 6.45) is 5.33. The lowest BCUT2D eigenvalue weighted by Crippen LogP contribution is -2.11. The molecule has 0 bridgehead atoms. The molecule has 2 heteroatoms. The van der Waals surface area contributed by atoms with Crippen LogP contribution in [-0.2, 0) is 0 Å². The van der Waals surface area contributed by atoms with Gasteiger partial charge in [-0.1, -0.05) is 12.1 Å². The normalized spacial score (nSPS) is 16.9. The van der Waals surface area contributed by atoms with Gasteiger partial charge in [0.1, 0.15) is 0 Å². The fraction of sp³-hybridized carbons (Fsp3) is 0.500. The highest BCUT2D eigenvalue weighted by atomic mass is 16.5. The second kappa shape index (κ2) is 4.36. The van der Waals surface area contributed by atoms with Crippen molar-refractivity contribution in [2.24, 2.45) is 0 Å². The molecule has 0 aliphatic heterocycles. The molecular weight excluding hydrogens is 176 g/mol. The molecule has 0 aromatic heterocycles. The number of methoxy groups -OCH3 is 1. The molecule has 1 saturated carbocycles. The van der Waals surface area contributed by atoms with Gasteiger partial charge in [0.25, 0.3) is 0 Å². The summed E-state index contributed by atoms with van der Waals surface area (Å²) in [7, 11) is 1.68. The average molecular weight is 192 g/mol. The van der Waals surface area contributed by atoms with Crippen molar-refractivity contribution < 1.29 is 9.47 Å². The first-order chi connectivity index (χ1) is 6.90. The van der Waals surface area contributed by atoms with Crippen LogP contribution >= 0.6 is 0 Å². The monoisotopic (exact) mass is 192 g/mol. The van der Waals surface area contributed by atoms with Crippen molar-refractivity contribution in [2.45, 2.75) is 31.8 Å². The van der Waals surface area contributed by atoms with Gasteiger partial charge in [0.15, 0.2) is 11.5 Å². The molecule has 0 heterocycles. The van der Waals surface area contributed by atoms with Gasteiger partial charge in [-0.2, -0.15) is 0 Å². The Balaban J connectivity index is 2.07. The van der Waals surface area contributed by atoms with Gasteiger partial charge in [0, 0.05) is 0 Å². The van der Waals surface area contributed by atoms with Crippen LogP contribution in [0.4, 0.5) is 0 Å². The second-order valence-corrected chi connectivity index (χ2v) is 3.68. The summed E-state index contributed by atoms with van der Waals surface area (Å²) >= 11 is 0. The number of rotatable bonds is 3. The summed E-state index contributed by atoms with van der Waals surface area (Å²) in [5.41, 5.74) is 0. The van der Waals surface area contributed by atoms with E-state index in [-0.39, 0.29) is 0 Å². The average Bonchev–Trinajstić information content (AvgIpc) is 2.71. The van der Waals surface area contributed by atoms with E-state index in [4.69, 9.17) is 9.47 Å². The maximum atomic E-state index is 5.87. The Morgan fingerprint density at radius 3 is 2.36 bits per heavy atom. The molecule has 0 amide bonds. The standard InChI is InChI=1S/C12H16O2/c1-13-11-8-4-5-9-12(11)14-10-6-2-3-7-10/h4-5,8-10H,2-3,6-7H2,1H3. The molecule has 14 heavy (non-hydrogen) atoms. The highest BCUT2D eigenvalue weighted by Gasteiger charge is 2.17. The second-order valence-electron chi connectivity index (χ2n) is 3.68. The Kier molecular flexibility index (Phi) is 2.92. The summed E-state index contributed by atoms with van der Waals surface area (Å²) in [5, 5.41) is 0. The van der Waals surface area contributed by atoms with Crippen LogP contribution < -0.4 is 9.47 Å². The molecule has 1 aromatic carbocycles. The van der Waals surface area contributed by atoms with Crippen LogP contribution in [0.25, 0.3) is 0 Å². The Hall–Kier alpha value is -1.18. The highest BCUT2D eigenvalue weighted by molar-refractivity contribution is 5.39. The third kappa shape index (κ3) is 2.00. The van der Waals surface area contributed by atoms with Gasteiger partial charge in [-0.05, 0) is 37.8 Å². The maximum Gasteiger partial charge on any atom is 0.161 e. The number of para-hydroxylation sites is 2. The molecule has 0 radical (unpaired) electrons. The lowest BCUT2D eigenvalue weighted by Gasteiger charge is -2.15. The van der Waals surface area contributed by atoms with Gasteiger partial charge < -0.3 is 9.47 Å². The van der Waals surface area contributed by atoms with Crippen molar-refractivity contribution in [2.75, 3.05) is 7.11 Å². The largest absolute Gasteiger partial charge is 0.493 e. The van der Waals surface area contributed by atoms with Crippen LogP contribution in [0.5, 0.6) is 11.5 Å². The lowest BCUT2D eigenvalue weighted by molar-refractivity contribution is 0.201. The van der Waals surface area contributed by atoms with E-state index in [1.165, 1.54) is 25.7 Å². The smallest absolute Gasteiger partial charge is 0.161 e. The summed E-state index contributed by atoms with van der Waals surface area (Å²) in [4.78, 5) is 0. The number of benzene rings is 1. The Labute approximate surface area is 84.8 Å². The van der Waals surface area contributed by atoms with E-state index in [2.05, 4.69) is 0 Å². The fourth-order valence-corrected chi connectivity index (χ4v) is 1.90. The van der Waals surface area contributed by atoms with Crippen molar-refractivity contribution in [3.05, 3.63) is 24.3 Å². The number of hydrogen-bond acceptors (Lipinski definition) is 2. The first kappa shape index (κ1) is 9.38. The van der Waals surface area contributed by atoms with Gasteiger partial charge in [0.05, 0.1) is 13.2 Å². The van der Waals surface area contributed by atoms with Gasteiger partial charge >= 0.3 is 0 Å². The first-order valence-corrected chi connectivity index (χ1v) is 5.20. The van der Waals surface area contributed by atoms with Gasteiger partial charge in [-0.25, -0.2) is 0 Å². The maximum absolute atomic E-state index is 5.87. The summed E-state index contributed by atoms with van der Waals surface area (Å²) < 4.78 is 11.1. The van der Waals surface area contributed by atoms with E-state index in [1.54, 1.807) is 7.11 Å². The zero-order chi connectivity index (χ0) is 9.80. The van der Waals surface area contributed by atoms with Crippen LogP contribution in [-0.4, -0.2) is 13.2 Å². The lowest BCUT2D eigenvalue weighted by atomic mass is 10.3. The molecule has 76 valence electrons. The van der Waals surface area contributed by atoms with Crippen LogP contribution in [0, 0.1) is 0 Å². The van der Waals surface area contributed by atoms with E-state index in [9.17, 15) is 0 Å². The van der Waals surface area contributed by atoms with Crippen LogP contribution in [0.3, 0.4) is 0 Å². The van der Waals surface area contributed by atoms with Crippen molar-refractivity contribution >= 4 is 0 Å².